The third-order valence-corrected chi connectivity index (χ3v) is 4.96. The number of anilines is 1. The highest BCUT2D eigenvalue weighted by molar-refractivity contribution is 8.00. The summed E-state index contributed by atoms with van der Waals surface area (Å²) in [6.45, 7) is 3.29. The molecule has 0 aliphatic rings. The number of carbonyl (C=O) groups is 2. The number of carbonyl (C=O) groups excluding carboxylic acids is 2. The van der Waals surface area contributed by atoms with Crippen molar-refractivity contribution in [2.24, 2.45) is 0 Å². The molecular weight excluding hydrogens is 353 g/mol. The van der Waals surface area contributed by atoms with Gasteiger partial charge in [0, 0.05) is 21.2 Å². The number of amides is 1. The van der Waals surface area contributed by atoms with Crippen LogP contribution in [0.4, 0.5) is 5.69 Å². The molecule has 6 heteroatoms. The van der Waals surface area contributed by atoms with E-state index in [1.807, 2.05) is 0 Å². The third kappa shape index (κ3) is 4.99. The highest BCUT2D eigenvalue weighted by Crippen LogP contribution is 2.33. The van der Waals surface area contributed by atoms with Crippen LogP contribution in [0.25, 0.3) is 0 Å². The normalized spacial score (nSPS) is 11.8. The zero-order chi connectivity index (χ0) is 17.0. The molecule has 1 amide bonds. The van der Waals surface area contributed by atoms with Crippen LogP contribution in [0.15, 0.2) is 47.4 Å². The summed E-state index contributed by atoms with van der Waals surface area (Å²) in [6, 6.07) is 11.9. The lowest BCUT2D eigenvalue weighted by molar-refractivity contribution is -0.115. The van der Waals surface area contributed by atoms with Gasteiger partial charge in [-0.2, -0.15) is 0 Å². The summed E-state index contributed by atoms with van der Waals surface area (Å²) in [5, 5.41) is 3.60. The first-order valence-electron chi connectivity index (χ1n) is 6.90. The van der Waals surface area contributed by atoms with E-state index >= 15 is 0 Å². The molecule has 1 N–H and O–H groups in total. The predicted octanol–water partition coefficient (Wildman–Crippen LogP) is 5.32. The number of benzene rings is 2. The van der Waals surface area contributed by atoms with E-state index in [-0.39, 0.29) is 16.9 Å². The van der Waals surface area contributed by atoms with Crippen molar-refractivity contribution in [1.29, 1.82) is 0 Å². The average Bonchev–Trinajstić information content (AvgIpc) is 2.51. The maximum Gasteiger partial charge on any atom is 0.237 e. The Morgan fingerprint density at radius 3 is 2.35 bits per heavy atom. The molecule has 0 aliphatic heterocycles. The maximum absolute atomic E-state index is 12.3. The zero-order valence-electron chi connectivity index (χ0n) is 12.6. The Morgan fingerprint density at radius 2 is 1.74 bits per heavy atom. The van der Waals surface area contributed by atoms with Gasteiger partial charge in [-0.1, -0.05) is 23.2 Å². The standard InChI is InChI=1S/C17H15Cl2NO2S/c1-10(21)12-3-6-14(7-4-12)20-17(22)11(2)23-16-9-13(18)5-8-15(16)19/h3-9,11H,1-2H3,(H,20,22). The maximum atomic E-state index is 12.3. The smallest absolute Gasteiger partial charge is 0.237 e. The second kappa shape index (κ2) is 7.86. The van der Waals surface area contributed by atoms with E-state index in [1.54, 1.807) is 49.4 Å². The van der Waals surface area contributed by atoms with E-state index in [2.05, 4.69) is 5.32 Å². The van der Waals surface area contributed by atoms with Gasteiger partial charge in [0.15, 0.2) is 5.78 Å². The van der Waals surface area contributed by atoms with Crippen LogP contribution in [-0.2, 0) is 4.79 Å². The fourth-order valence-electron chi connectivity index (χ4n) is 1.84. The topological polar surface area (TPSA) is 46.2 Å². The molecule has 0 saturated heterocycles. The van der Waals surface area contributed by atoms with Gasteiger partial charge in [-0.25, -0.2) is 0 Å². The number of hydrogen-bond donors (Lipinski definition) is 1. The summed E-state index contributed by atoms with van der Waals surface area (Å²) in [4.78, 5) is 24.3. The van der Waals surface area contributed by atoms with Gasteiger partial charge >= 0.3 is 0 Å². The minimum absolute atomic E-state index is 0.0117. The Kier molecular flexibility index (Phi) is 6.10. The molecule has 0 fully saturated rings. The molecular formula is C17H15Cl2NO2S. The summed E-state index contributed by atoms with van der Waals surface area (Å²) < 4.78 is 0. The van der Waals surface area contributed by atoms with Crippen molar-refractivity contribution in [2.75, 3.05) is 5.32 Å². The van der Waals surface area contributed by atoms with Crippen molar-refractivity contribution in [1.82, 2.24) is 0 Å². The van der Waals surface area contributed by atoms with Gasteiger partial charge in [-0.05, 0) is 56.3 Å². The molecule has 23 heavy (non-hydrogen) atoms. The lowest BCUT2D eigenvalue weighted by Crippen LogP contribution is -2.22. The Bertz CT molecular complexity index is 732. The highest BCUT2D eigenvalue weighted by Gasteiger charge is 2.16. The highest BCUT2D eigenvalue weighted by atomic mass is 35.5. The molecule has 120 valence electrons. The van der Waals surface area contributed by atoms with Gasteiger partial charge in [-0.15, -0.1) is 11.8 Å². The van der Waals surface area contributed by atoms with Crippen molar-refractivity contribution >= 4 is 52.3 Å². The predicted molar refractivity (Wildman–Crippen MR) is 96.9 cm³/mol. The van der Waals surface area contributed by atoms with Crippen LogP contribution >= 0.6 is 35.0 Å². The average molecular weight is 368 g/mol. The SMILES string of the molecule is CC(=O)c1ccc(NC(=O)C(C)Sc2cc(Cl)ccc2Cl)cc1. The van der Waals surface area contributed by atoms with E-state index in [0.717, 1.165) is 4.90 Å². The Hall–Kier alpha value is -1.49. The largest absolute Gasteiger partial charge is 0.325 e. The van der Waals surface area contributed by atoms with Crippen LogP contribution in [-0.4, -0.2) is 16.9 Å². The van der Waals surface area contributed by atoms with Crippen LogP contribution < -0.4 is 5.32 Å². The zero-order valence-corrected chi connectivity index (χ0v) is 14.9. The van der Waals surface area contributed by atoms with Crippen molar-refractivity contribution < 1.29 is 9.59 Å². The first kappa shape index (κ1) is 17.9. The third-order valence-electron chi connectivity index (χ3n) is 3.13. The molecule has 2 rings (SSSR count). The number of Topliss-reactive ketones (excluding diaryl/α,β-unsaturated/α-hetero) is 1. The van der Waals surface area contributed by atoms with Crippen LogP contribution in [0.3, 0.4) is 0 Å². The van der Waals surface area contributed by atoms with Gasteiger partial charge in [-0.3, -0.25) is 9.59 Å². The fourth-order valence-corrected chi connectivity index (χ4v) is 3.25. The fraction of sp³-hybridized carbons (Fsp3) is 0.176. The van der Waals surface area contributed by atoms with Crippen molar-refractivity contribution in [2.45, 2.75) is 24.0 Å². The minimum atomic E-state index is -0.349. The molecule has 0 heterocycles. The van der Waals surface area contributed by atoms with Gasteiger partial charge in [0.05, 0.1) is 10.3 Å². The van der Waals surface area contributed by atoms with Crippen LogP contribution in [0.1, 0.15) is 24.2 Å². The quantitative estimate of drug-likeness (QED) is 0.574. The van der Waals surface area contributed by atoms with E-state index in [4.69, 9.17) is 23.2 Å². The second-order valence-electron chi connectivity index (χ2n) is 4.96. The van der Waals surface area contributed by atoms with E-state index < -0.39 is 0 Å². The second-order valence-corrected chi connectivity index (χ2v) is 7.18. The molecule has 1 atom stereocenters. The first-order valence-corrected chi connectivity index (χ1v) is 8.54. The number of hydrogen-bond acceptors (Lipinski definition) is 3. The molecule has 0 aromatic heterocycles. The van der Waals surface area contributed by atoms with Crippen LogP contribution in [0, 0.1) is 0 Å². The monoisotopic (exact) mass is 367 g/mol. The molecule has 0 spiro atoms. The molecule has 0 bridgehead atoms. The number of rotatable bonds is 5. The first-order chi connectivity index (χ1) is 10.9. The minimum Gasteiger partial charge on any atom is -0.325 e. The summed E-state index contributed by atoms with van der Waals surface area (Å²) in [6.07, 6.45) is 0. The van der Waals surface area contributed by atoms with E-state index in [0.29, 0.717) is 21.3 Å². The van der Waals surface area contributed by atoms with Gasteiger partial charge in [0.1, 0.15) is 0 Å². The lowest BCUT2D eigenvalue weighted by atomic mass is 10.1. The number of nitrogens with one attached hydrogen (secondary N) is 1. The number of thioether (sulfide) groups is 1. The Labute approximate surface area is 149 Å². The summed E-state index contributed by atoms with van der Waals surface area (Å²) in [5.74, 6) is -0.163. The van der Waals surface area contributed by atoms with Gasteiger partial charge in [0.2, 0.25) is 5.91 Å². The van der Waals surface area contributed by atoms with Gasteiger partial charge < -0.3 is 5.32 Å². The molecule has 0 radical (unpaired) electrons. The van der Waals surface area contributed by atoms with E-state index in [9.17, 15) is 9.59 Å². The van der Waals surface area contributed by atoms with Gasteiger partial charge in [0.25, 0.3) is 0 Å². The van der Waals surface area contributed by atoms with Crippen molar-refractivity contribution in [3.63, 3.8) is 0 Å². The Morgan fingerprint density at radius 1 is 1.09 bits per heavy atom. The molecule has 1 unspecified atom stereocenters. The number of ketones is 1. The summed E-state index contributed by atoms with van der Waals surface area (Å²) in [5.41, 5.74) is 1.25. The molecule has 0 saturated carbocycles. The van der Waals surface area contributed by atoms with Crippen molar-refractivity contribution in [3.8, 4) is 0 Å². The van der Waals surface area contributed by atoms with Crippen LogP contribution in [0.5, 0.6) is 0 Å². The molecule has 0 aliphatic carbocycles. The van der Waals surface area contributed by atoms with Crippen LogP contribution in [0.2, 0.25) is 10.0 Å². The summed E-state index contributed by atoms with van der Waals surface area (Å²) in [7, 11) is 0. The number of halogens is 2. The lowest BCUT2D eigenvalue weighted by Gasteiger charge is -2.13. The van der Waals surface area contributed by atoms with Crippen molar-refractivity contribution in [3.05, 3.63) is 58.1 Å². The molecule has 2 aromatic carbocycles. The molecule has 3 nitrogen and oxygen atoms in total. The molecule has 2 aromatic rings. The summed E-state index contributed by atoms with van der Waals surface area (Å²) >= 11 is 13.4. The van der Waals surface area contributed by atoms with E-state index in [1.165, 1.54) is 18.7 Å². The Balaban J connectivity index is 2.02.